The van der Waals surface area contributed by atoms with Gasteiger partial charge in [0.15, 0.2) is 5.13 Å². The van der Waals surface area contributed by atoms with Crippen LogP contribution in [0.5, 0.6) is 0 Å². The summed E-state index contributed by atoms with van der Waals surface area (Å²) in [5.41, 5.74) is 1.23. The molecular formula is C12H17N3OS. The zero-order valence-electron chi connectivity index (χ0n) is 10.0. The van der Waals surface area contributed by atoms with Crippen LogP contribution >= 0.6 is 11.3 Å². The lowest BCUT2D eigenvalue weighted by Gasteiger charge is -2.12. The van der Waals surface area contributed by atoms with Crippen molar-refractivity contribution >= 4 is 22.4 Å². The molecule has 1 fully saturated rings. The van der Waals surface area contributed by atoms with Crippen molar-refractivity contribution in [2.24, 2.45) is 0 Å². The molecule has 1 unspecified atom stereocenters. The van der Waals surface area contributed by atoms with Gasteiger partial charge in [0.25, 0.3) is 0 Å². The average molecular weight is 251 g/mol. The molecule has 92 valence electrons. The fourth-order valence-corrected chi connectivity index (χ4v) is 3.77. The number of nitrogens with one attached hydrogen (secondary N) is 1. The van der Waals surface area contributed by atoms with Crippen molar-refractivity contribution in [1.29, 1.82) is 0 Å². The SMILES string of the molecule is CNC1CCN(c2nc3c(s2)CCCC3)C1=O. The number of thiazole rings is 1. The van der Waals surface area contributed by atoms with E-state index in [1.54, 1.807) is 11.3 Å². The summed E-state index contributed by atoms with van der Waals surface area (Å²) >= 11 is 1.72. The van der Waals surface area contributed by atoms with Crippen LogP contribution in [0, 0.1) is 0 Å². The van der Waals surface area contributed by atoms with Crippen LogP contribution in [0.4, 0.5) is 5.13 Å². The summed E-state index contributed by atoms with van der Waals surface area (Å²) in [6, 6.07) is -0.0177. The number of carbonyl (C=O) groups is 1. The molecule has 0 saturated carbocycles. The molecule has 2 heterocycles. The molecule has 4 nitrogen and oxygen atoms in total. The second-order valence-corrected chi connectivity index (χ2v) is 5.76. The van der Waals surface area contributed by atoms with E-state index >= 15 is 0 Å². The number of carbonyl (C=O) groups excluding carboxylic acids is 1. The predicted octanol–water partition coefficient (Wildman–Crippen LogP) is 1.35. The molecule has 1 atom stereocenters. The molecule has 1 aromatic rings. The highest BCUT2D eigenvalue weighted by Gasteiger charge is 2.33. The summed E-state index contributed by atoms with van der Waals surface area (Å²) in [5.74, 6) is 0.179. The van der Waals surface area contributed by atoms with Gasteiger partial charge < -0.3 is 5.32 Å². The highest BCUT2D eigenvalue weighted by atomic mass is 32.1. The summed E-state index contributed by atoms with van der Waals surface area (Å²) in [5, 5.41) is 3.98. The third kappa shape index (κ3) is 1.87. The van der Waals surface area contributed by atoms with Crippen molar-refractivity contribution < 1.29 is 4.79 Å². The monoisotopic (exact) mass is 251 g/mol. The summed E-state index contributed by atoms with van der Waals surface area (Å²) < 4.78 is 0. The molecule has 1 N–H and O–H groups in total. The van der Waals surface area contributed by atoms with E-state index < -0.39 is 0 Å². The molecule has 0 radical (unpaired) electrons. The largest absolute Gasteiger partial charge is 0.309 e. The Morgan fingerprint density at radius 2 is 2.24 bits per heavy atom. The van der Waals surface area contributed by atoms with Gasteiger partial charge >= 0.3 is 0 Å². The molecule has 5 heteroatoms. The van der Waals surface area contributed by atoms with Gasteiger partial charge in [-0.25, -0.2) is 4.98 Å². The van der Waals surface area contributed by atoms with Crippen molar-refractivity contribution in [1.82, 2.24) is 10.3 Å². The molecule has 2 aliphatic rings. The first-order valence-corrected chi connectivity index (χ1v) is 7.08. The maximum atomic E-state index is 12.1. The molecule has 17 heavy (non-hydrogen) atoms. The summed E-state index contributed by atoms with van der Waals surface area (Å²) in [6.07, 6.45) is 5.62. The number of fused-ring (bicyclic) bond motifs is 1. The van der Waals surface area contributed by atoms with Crippen LogP contribution in [0.1, 0.15) is 29.8 Å². The van der Waals surface area contributed by atoms with Crippen LogP contribution in [0.15, 0.2) is 0 Å². The van der Waals surface area contributed by atoms with Gasteiger partial charge in [-0.3, -0.25) is 9.69 Å². The van der Waals surface area contributed by atoms with Gasteiger partial charge in [0.1, 0.15) is 0 Å². The van der Waals surface area contributed by atoms with Crippen LogP contribution in [0.25, 0.3) is 0 Å². The molecule has 0 aromatic carbocycles. The Kier molecular flexibility index (Phi) is 2.88. The van der Waals surface area contributed by atoms with E-state index in [1.807, 2.05) is 11.9 Å². The van der Waals surface area contributed by atoms with Crippen molar-refractivity contribution in [2.75, 3.05) is 18.5 Å². The van der Waals surface area contributed by atoms with Gasteiger partial charge in [0, 0.05) is 11.4 Å². The number of rotatable bonds is 2. The lowest BCUT2D eigenvalue weighted by atomic mass is 10.0. The van der Waals surface area contributed by atoms with Crippen LogP contribution in [0.2, 0.25) is 0 Å². The summed E-state index contributed by atoms with van der Waals surface area (Å²) in [4.78, 5) is 20.0. The van der Waals surface area contributed by atoms with Crippen LogP contribution < -0.4 is 10.2 Å². The fraction of sp³-hybridized carbons (Fsp3) is 0.667. The second kappa shape index (κ2) is 4.38. The quantitative estimate of drug-likeness (QED) is 0.863. The van der Waals surface area contributed by atoms with Gasteiger partial charge in [-0.15, -0.1) is 11.3 Å². The van der Waals surface area contributed by atoms with Crippen molar-refractivity contribution in [3.05, 3.63) is 10.6 Å². The number of anilines is 1. The van der Waals surface area contributed by atoms with Gasteiger partial charge in [0.2, 0.25) is 5.91 Å². The molecular weight excluding hydrogens is 234 g/mol. The molecule has 1 aliphatic carbocycles. The standard InChI is InChI=1S/C12H17N3OS/c1-13-9-6-7-15(11(9)16)12-14-8-4-2-3-5-10(8)17-12/h9,13H,2-7H2,1H3. The fourth-order valence-electron chi connectivity index (χ4n) is 2.59. The Labute approximate surface area is 105 Å². The highest BCUT2D eigenvalue weighted by Crippen LogP contribution is 2.33. The van der Waals surface area contributed by atoms with Gasteiger partial charge in [0.05, 0.1) is 11.7 Å². The minimum atomic E-state index is -0.0177. The summed E-state index contributed by atoms with van der Waals surface area (Å²) in [6.45, 7) is 0.802. The van der Waals surface area contributed by atoms with E-state index in [2.05, 4.69) is 10.3 Å². The number of hydrogen-bond donors (Lipinski definition) is 1. The van der Waals surface area contributed by atoms with Crippen molar-refractivity contribution in [3.63, 3.8) is 0 Å². The second-order valence-electron chi connectivity index (χ2n) is 4.69. The van der Waals surface area contributed by atoms with E-state index in [1.165, 1.54) is 23.4 Å². The Hall–Kier alpha value is -0.940. The zero-order chi connectivity index (χ0) is 11.8. The van der Waals surface area contributed by atoms with Crippen LogP contribution in [-0.4, -0.2) is 30.5 Å². The molecule has 0 bridgehead atoms. The van der Waals surface area contributed by atoms with Gasteiger partial charge in [-0.2, -0.15) is 0 Å². The van der Waals surface area contributed by atoms with E-state index in [-0.39, 0.29) is 11.9 Å². The summed E-state index contributed by atoms with van der Waals surface area (Å²) in [7, 11) is 1.85. The average Bonchev–Trinajstić information content (AvgIpc) is 2.91. The molecule has 1 amide bonds. The number of aryl methyl sites for hydroxylation is 2. The topological polar surface area (TPSA) is 45.2 Å². The molecule has 0 spiro atoms. The normalized spacial score (nSPS) is 24.2. The van der Waals surface area contributed by atoms with E-state index in [9.17, 15) is 4.79 Å². The van der Waals surface area contributed by atoms with E-state index in [4.69, 9.17) is 0 Å². The van der Waals surface area contributed by atoms with Crippen LogP contribution in [-0.2, 0) is 17.6 Å². The maximum absolute atomic E-state index is 12.1. The smallest absolute Gasteiger partial charge is 0.245 e. The van der Waals surface area contributed by atoms with Gasteiger partial charge in [-0.1, -0.05) is 0 Å². The molecule has 3 rings (SSSR count). The molecule has 1 aliphatic heterocycles. The van der Waals surface area contributed by atoms with Crippen LogP contribution in [0.3, 0.4) is 0 Å². The number of nitrogens with zero attached hydrogens (tertiary/aromatic N) is 2. The first-order chi connectivity index (χ1) is 8.29. The Morgan fingerprint density at radius 1 is 1.41 bits per heavy atom. The third-order valence-corrected chi connectivity index (χ3v) is 4.80. The molecule has 1 aromatic heterocycles. The minimum absolute atomic E-state index is 0.0177. The third-order valence-electron chi connectivity index (χ3n) is 3.62. The number of aromatic nitrogens is 1. The number of hydrogen-bond acceptors (Lipinski definition) is 4. The molecule has 1 saturated heterocycles. The highest BCUT2D eigenvalue weighted by molar-refractivity contribution is 7.16. The van der Waals surface area contributed by atoms with Crippen molar-refractivity contribution in [2.45, 2.75) is 38.1 Å². The Bertz CT molecular complexity index is 419. The van der Waals surface area contributed by atoms with Crippen molar-refractivity contribution in [3.8, 4) is 0 Å². The lowest BCUT2D eigenvalue weighted by molar-refractivity contribution is -0.118. The Balaban J connectivity index is 1.85. The van der Waals surface area contributed by atoms with E-state index in [0.29, 0.717) is 0 Å². The first kappa shape index (κ1) is 11.2. The first-order valence-electron chi connectivity index (χ1n) is 6.27. The van der Waals surface area contributed by atoms with E-state index in [0.717, 1.165) is 30.9 Å². The lowest BCUT2D eigenvalue weighted by Crippen LogP contribution is -2.36. The zero-order valence-corrected chi connectivity index (χ0v) is 10.8. The van der Waals surface area contributed by atoms with Gasteiger partial charge in [-0.05, 0) is 39.2 Å². The minimum Gasteiger partial charge on any atom is -0.309 e. The predicted molar refractivity (Wildman–Crippen MR) is 68.6 cm³/mol. The number of amides is 1. The maximum Gasteiger partial charge on any atom is 0.245 e. The Morgan fingerprint density at radius 3 is 2.94 bits per heavy atom. The number of likely N-dealkylation sites (N-methyl/N-ethyl adjacent to an activating group) is 1.